The van der Waals surface area contributed by atoms with E-state index in [1.807, 2.05) is 38.1 Å². The van der Waals surface area contributed by atoms with Gasteiger partial charge in [-0.3, -0.25) is 9.98 Å². The number of methoxy groups -OCH3 is 1. The van der Waals surface area contributed by atoms with Crippen LogP contribution in [0.5, 0.6) is 0 Å². The standard InChI is InChI=1S/C15H23N3O2S/c1-12(17-10-14(21)18(2)3)15-13(6-5-7-16-15)11-20-9-8-19-4/h5-7H,8-11H2,1-4H3. The van der Waals surface area contributed by atoms with Crippen molar-refractivity contribution in [3.8, 4) is 0 Å². The molecule has 0 fully saturated rings. The molecular formula is C15H23N3O2S. The fraction of sp³-hybridized carbons (Fsp3) is 0.533. The molecule has 0 atom stereocenters. The Morgan fingerprint density at radius 1 is 1.38 bits per heavy atom. The topological polar surface area (TPSA) is 47.0 Å². The summed E-state index contributed by atoms with van der Waals surface area (Å²) in [6.07, 6.45) is 1.76. The van der Waals surface area contributed by atoms with Gasteiger partial charge in [-0.15, -0.1) is 0 Å². The van der Waals surface area contributed by atoms with Crippen molar-refractivity contribution in [1.29, 1.82) is 0 Å². The van der Waals surface area contributed by atoms with Gasteiger partial charge in [0.15, 0.2) is 0 Å². The maximum Gasteiger partial charge on any atom is 0.0992 e. The second-order valence-electron chi connectivity index (χ2n) is 4.75. The van der Waals surface area contributed by atoms with Gasteiger partial charge in [-0.1, -0.05) is 18.3 Å². The van der Waals surface area contributed by atoms with Crippen LogP contribution in [-0.4, -0.2) is 61.5 Å². The van der Waals surface area contributed by atoms with E-state index in [2.05, 4.69) is 9.98 Å². The highest BCUT2D eigenvalue weighted by Crippen LogP contribution is 2.09. The summed E-state index contributed by atoms with van der Waals surface area (Å²) in [5, 5.41) is 0. The Balaban J connectivity index is 2.72. The minimum atomic E-state index is 0.495. The first-order chi connectivity index (χ1) is 10.1. The van der Waals surface area contributed by atoms with Gasteiger partial charge < -0.3 is 14.4 Å². The minimum absolute atomic E-state index is 0.495. The molecule has 0 unspecified atom stereocenters. The molecule has 0 saturated heterocycles. The first kappa shape index (κ1) is 17.7. The van der Waals surface area contributed by atoms with Crippen LogP contribution in [0.4, 0.5) is 0 Å². The van der Waals surface area contributed by atoms with E-state index in [0.717, 1.165) is 22.0 Å². The van der Waals surface area contributed by atoms with E-state index >= 15 is 0 Å². The average molecular weight is 309 g/mol. The zero-order valence-electron chi connectivity index (χ0n) is 13.1. The molecule has 21 heavy (non-hydrogen) atoms. The summed E-state index contributed by atoms with van der Waals surface area (Å²) in [7, 11) is 5.50. The van der Waals surface area contributed by atoms with Crippen LogP contribution < -0.4 is 0 Å². The second kappa shape index (κ2) is 9.55. The third-order valence-electron chi connectivity index (χ3n) is 2.87. The Morgan fingerprint density at radius 2 is 2.14 bits per heavy atom. The van der Waals surface area contributed by atoms with E-state index in [0.29, 0.717) is 26.4 Å². The number of ether oxygens (including phenoxy) is 2. The summed E-state index contributed by atoms with van der Waals surface area (Å²) < 4.78 is 10.5. The normalized spacial score (nSPS) is 11.5. The summed E-state index contributed by atoms with van der Waals surface area (Å²) in [6, 6.07) is 3.90. The van der Waals surface area contributed by atoms with E-state index < -0.39 is 0 Å². The largest absolute Gasteiger partial charge is 0.382 e. The molecular weight excluding hydrogens is 286 g/mol. The van der Waals surface area contributed by atoms with E-state index in [1.54, 1.807) is 13.3 Å². The molecule has 0 aromatic carbocycles. The van der Waals surface area contributed by atoms with Crippen LogP contribution in [0.15, 0.2) is 23.3 Å². The third kappa shape index (κ3) is 6.29. The van der Waals surface area contributed by atoms with Crippen LogP contribution in [-0.2, 0) is 16.1 Å². The molecule has 1 aromatic heterocycles. The van der Waals surface area contributed by atoms with Crippen LogP contribution in [0, 0.1) is 0 Å². The first-order valence-electron chi connectivity index (χ1n) is 6.78. The highest BCUT2D eigenvalue weighted by atomic mass is 32.1. The molecule has 5 nitrogen and oxygen atoms in total. The van der Waals surface area contributed by atoms with Crippen LogP contribution in [0.2, 0.25) is 0 Å². The first-order valence-corrected chi connectivity index (χ1v) is 7.19. The second-order valence-corrected chi connectivity index (χ2v) is 5.22. The van der Waals surface area contributed by atoms with Gasteiger partial charge in [-0.25, -0.2) is 0 Å². The highest BCUT2D eigenvalue weighted by Gasteiger charge is 2.07. The molecule has 0 bridgehead atoms. The van der Waals surface area contributed by atoms with Gasteiger partial charge in [0.05, 0.1) is 42.8 Å². The van der Waals surface area contributed by atoms with Crippen LogP contribution in [0.25, 0.3) is 0 Å². The maximum atomic E-state index is 5.56. The Morgan fingerprint density at radius 3 is 2.81 bits per heavy atom. The smallest absolute Gasteiger partial charge is 0.0992 e. The van der Waals surface area contributed by atoms with Crippen molar-refractivity contribution in [1.82, 2.24) is 9.88 Å². The molecule has 0 spiro atoms. The van der Waals surface area contributed by atoms with Gasteiger partial charge in [0, 0.05) is 33.0 Å². The van der Waals surface area contributed by atoms with Crippen molar-refractivity contribution in [2.45, 2.75) is 13.5 Å². The monoisotopic (exact) mass is 309 g/mol. The molecule has 0 amide bonds. The van der Waals surface area contributed by atoms with Gasteiger partial charge in [-0.05, 0) is 13.0 Å². The molecule has 116 valence electrons. The fourth-order valence-electron chi connectivity index (χ4n) is 1.61. The summed E-state index contributed by atoms with van der Waals surface area (Å²) in [6.45, 7) is 4.08. The van der Waals surface area contributed by atoms with E-state index in [4.69, 9.17) is 21.7 Å². The third-order valence-corrected chi connectivity index (χ3v) is 3.37. The summed E-state index contributed by atoms with van der Waals surface area (Å²) >= 11 is 5.24. The molecule has 0 saturated carbocycles. The summed E-state index contributed by atoms with van der Waals surface area (Å²) in [5.74, 6) is 0. The van der Waals surface area contributed by atoms with E-state index in [9.17, 15) is 0 Å². The molecule has 0 aliphatic rings. The molecule has 0 N–H and O–H groups in total. The number of rotatable bonds is 8. The number of nitrogens with zero attached hydrogens (tertiary/aromatic N) is 3. The van der Waals surface area contributed by atoms with Crippen molar-refractivity contribution in [2.24, 2.45) is 4.99 Å². The fourth-order valence-corrected chi connectivity index (χ4v) is 1.67. The molecule has 1 aromatic rings. The van der Waals surface area contributed by atoms with Gasteiger partial charge in [0.2, 0.25) is 0 Å². The molecule has 1 heterocycles. The molecule has 6 heteroatoms. The summed E-state index contributed by atoms with van der Waals surface area (Å²) in [5.41, 5.74) is 2.74. The lowest BCUT2D eigenvalue weighted by molar-refractivity contribution is 0.0615. The molecule has 0 aliphatic carbocycles. The molecule has 0 aliphatic heterocycles. The van der Waals surface area contributed by atoms with E-state index in [1.165, 1.54) is 0 Å². The molecule has 1 rings (SSSR count). The van der Waals surface area contributed by atoms with Gasteiger partial charge in [0.1, 0.15) is 0 Å². The Hall–Kier alpha value is -1.37. The Labute approximate surface area is 132 Å². The van der Waals surface area contributed by atoms with Crippen LogP contribution >= 0.6 is 12.2 Å². The summed E-state index contributed by atoms with van der Waals surface area (Å²) in [4.78, 5) is 11.6. The average Bonchev–Trinajstić information content (AvgIpc) is 2.49. The number of aliphatic imine (C=N–C) groups is 1. The van der Waals surface area contributed by atoms with Crippen LogP contribution in [0.3, 0.4) is 0 Å². The van der Waals surface area contributed by atoms with Crippen molar-refractivity contribution >= 4 is 22.9 Å². The number of aromatic nitrogens is 1. The van der Waals surface area contributed by atoms with Gasteiger partial charge in [0.25, 0.3) is 0 Å². The highest BCUT2D eigenvalue weighted by molar-refractivity contribution is 7.80. The van der Waals surface area contributed by atoms with Crippen molar-refractivity contribution in [3.05, 3.63) is 29.6 Å². The number of hydrogen-bond acceptors (Lipinski definition) is 5. The quantitative estimate of drug-likeness (QED) is 0.417. The maximum absolute atomic E-state index is 5.56. The van der Waals surface area contributed by atoms with E-state index in [-0.39, 0.29) is 0 Å². The Kier molecular flexibility index (Phi) is 8.04. The predicted molar refractivity (Wildman–Crippen MR) is 89.1 cm³/mol. The SMILES string of the molecule is COCCOCc1cccnc1C(C)=NCC(=S)N(C)C. The lowest BCUT2D eigenvalue weighted by Gasteiger charge is -2.12. The lowest BCUT2D eigenvalue weighted by Crippen LogP contribution is -2.22. The zero-order chi connectivity index (χ0) is 15.7. The number of likely N-dealkylation sites (N-methyl/N-ethyl adjacent to an activating group) is 1. The van der Waals surface area contributed by atoms with Crippen LogP contribution in [0.1, 0.15) is 18.2 Å². The van der Waals surface area contributed by atoms with Crippen molar-refractivity contribution in [3.63, 3.8) is 0 Å². The zero-order valence-corrected chi connectivity index (χ0v) is 13.9. The number of thiocarbonyl (C=S) groups is 1. The van der Waals surface area contributed by atoms with Gasteiger partial charge >= 0.3 is 0 Å². The van der Waals surface area contributed by atoms with Crippen molar-refractivity contribution < 1.29 is 9.47 Å². The minimum Gasteiger partial charge on any atom is -0.382 e. The Bertz CT molecular complexity index is 490. The van der Waals surface area contributed by atoms with Gasteiger partial charge in [-0.2, -0.15) is 0 Å². The lowest BCUT2D eigenvalue weighted by atomic mass is 10.1. The molecule has 0 radical (unpaired) electrons. The van der Waals surface area contributed by atoms with Crippen molar-refractivity contribution in [2.75, 3.05) is 41.0 Å². The number of pyridine rings is 1. The number of hydrogen-bond donors (Lipinski definition) is 0. The predicted octanol–water partition coefficient (Wildman–Crippen LogP) is 1.94.